The number of anilines is 1. The molecule has 22 heavy (non-hydrogen) atoms. The number of hydrogen-bond donors (Lipinski definition) is 1. The Kier molecular flexibility index (Phi) is 3.63. The van der Waals surface area contributed by atoms with Crippen molar-refractivity contribution < 1.29 is 13.6 Å². The van der Waals surface area contributed by atoms with Gasteiger partial charge in [0.15, 0.2) is 0 Å². The zero-order valence-electron chi connectivity index (χ0n) is 11.7. The molecule has 0 saturated heterocycles. The third-order valence-corrected chi connectivity index (χ3v) is 3.61. The first kappa shape index (κ1) is 14.3. The van der Waals surface area contributed by atoms with Crippen molar-refractivity contribution in [3.63, 3.8) is 0 Å². The Morgan fingerprint density at radius 2 is 2.00 bits per heavy atom. The minimum absolute atomic E-state index is 0.214. The molecule has 112 valence electrons. The summed E-state index contributed by atoms with van der Waals surface area (Å²) in [6, 6.07) is 10.4. The minimum atomic E-state index is -0.707. The zero-order valence-corrected chi connectivity index (χ0v) is 11.7. The summed E-state index contributed by atoms with van der Waals surface area (Å²) in [5.74, 6) is -1.57. The van der Waals surface area contributed by atoms with Crippen LogP contribution in [0.1, 0.15) is 22.1 Å². The van der Waals surface area contributed by atoms with Gasteiger partial charge in [-0.05, 0) is 24.3 Å². The van der Waals surface area contributed by atoms with Crippen LogP contribution in [0.5, 0.6) is 0 Å². The number of nitrogens with one attached hydrogen (secondary N) is 1. The molecule has 0 aliphatic carbocycles. The van der Waals surface area contributed by atoms with E-state index in [9.17, 15) is 13.6 Å². The molecular weight excluding hydrogens is 286 g/mol. The van der Waals surface area contributed by atoms with Gasteiger partial charge in [0, 0.05) is 23.9 Å². The fourth-order valence-corrected chi connectivity index (χ4v) is 2.59. The molecule has 3 rings (SSSR count). The van der Waals surface area contributed by atoms with Crippen LogP contribution < -0.4 is 5.32 Å². The van der Waals surface area contributed by atoms with Crippen molar-refractivity contribution in [1.82, 2.24) is 4.90 Å². The fourth-order valence-electron chi connectivity index (χ4n) is 2.59. The van der Waals surface area contributed by atoms with E-state index in [4.69, 9.17) is 0 Å². The molecule has 0 saturated carbocycles. The third kappa shape index (κ3) is 2.35. The summed E-state index contributed by atoms with van der Waals surface area (Å²) < 4.78 is 27.2. The lowest BCUT2D eigenvalue weighted by Crippen LogP contribution is -2.43. The van der Waals surface area contributed by atoms with Crippen LogP contribution in [0.4, 0.5) is 14.5 Å². The normalized spacial score (nSPS) is 16.9. The number of benzene rings is 2. The fraction of sp³-hybridized carbons (Fsp3) is 0.118. The largest absolute Gasteiger partial charge is 0.361 e. The van der Waals surface area contributed by atoms with Crippen molar-refractivity contribution in [3.8, 4) is 0 Å². The van der Waals surface area contributed by atoms with Crippen LogP contribution in [0.25, 0.3) is 0 Å². The predicted octanol–water partition coefficient (Wildman–Crippen LogP) is 3.72. The van der Waals surface area contributed by atoms with E-state index in [0.29, 0.717) is 11.3 Å². The van der Waals surface area contributed by atoms with E-state index in [-0.39, 0.29) is 18.0 Å². The predicted molar refractivity (Wildman–Crippen MR) is 80.4 cm³/mol. The molecule has 1 unspecified atom stereocenters. The number of halogens is 2. The van der Waals surface area contributed by atoms with E-state index in [2.05, 4.69) is 11.9 Å². The lowest BCUT2D eigenvalue weighted by molar-refractivity contribution is 0.0705. The number of para-hydroxylation sites is 1. The highest BCUT2D eigenvalue weighted by Gasteiger charge is 2.33. The molecule has 1 amide bonds. The summed E-state index contributed by atoms with van der Waals surface area (Å²) in [5, 5.41) is 3.13. The van der Waals surface area contributed by atoms with Crippen molar-refractivity contribution in [2.24, 2.45) is 0 Å². The Labute approximate surface area is 126 Å². The number of hydrogen-bond acceptors (Lipinski definition) is 2. The number of fused-ring (bicyclic) bond motifs is 1. The van der Waals surface area contributed by atoms with Crippen molar-refractivity contribution >= 4 is 11.6 Å². The monoisotopic (exact) mass is 300 g/mol. The second-order valence-corrected chi connectivity index (χ2v) is 5.00. The van der Waals surface area contributed by atoms with E-state index < -0.39 is 17.8 Å². The number of rotatable bonds is 3. The van der Waals surface area contributed by atoms with Crippen LogP contribution >= 0.6 is 0 Å². The maximum Gasteiger partial charge on any atom is 0.258 e. The van der Waals surface area contributed by atoms with Gasteiger partial charge in [-0.2, -0.15) is 0 Å². The molecule has 1 aliphatic heterocycles. The average Bonchev–Trinajstić information content (AvgIpc) is 2.50. The highest BCUT2D eigenvalue weighted by Crippen LogP contribution is 2.33. The molecule has 3 nitrogen and oxygen atoms in total. The van der Waals surface area contributed by atoms with Gasteiger partial charge < -0.3 is 10.2 Å². The van der Waals surface area contributed by atoms with Gasteiger partial charge in [0.1, 0.15) is 17.8 Å². The summed E-state index contributed by atoms with van der Waals surface area (Å²) in [5.41, 5.74) is 1.36. The van der Waals surface area contributed by atoms with Crippen molar-refractivity contribution in [2.45, 2.75) is 6.17 Å². The maximum absolute atomic E-state index is 14.1. The van der Waals surface area contributed by atoms with E-state index in [1.54, 1.807) is 30.3 Å². The smallest absolute Gasteiger partial charge is 0.258 e. The Morgan fingerprint density at radius 1 is 1.23 bits per heavy atom. The van der Waals surface area contributed by atoms with E-state index in [1.165, 1.54) is 17.0 Å². The van der Waals surface area contributed by atoms with E-state index >= 15 is 0 Å². The molecule has 1 aliphatic rings. The van der Waals surface area contributed by atoms with E-state index in [0.717, 1.165) is 6.07 Å². The molecule has 0 bridgehead atoms. The molecule has 1 N–H and O–H groups in total. The second-order valence-electron chi connectivity index (χ2n) is 5.00. The summed E-state index contributed by atoms with van der Waals surface area (Å²) in [6.07, 6.45) is 0.864. The Balaban J connectivity index is 2.09. The molecule has 0 radical (unpaired) electrons. The minimum Gasteiger partial charge on any atom is -0.361 e. The van der Waals surface area contributed by atoms with E-state index in [1.807, 2.05) is 0 Å². The summed E-state index contributed by atoms with van der Waals surface area (Å²) in [4.78, 5) is 14.1. The third-order valence-electron chi connectivity index (χ3n) is 3.61. The first-order chi connectivity index (χ1) is 10.6. The number of carbonyl (C=O) groups is 1. The highest BCUT2D eigenvalue weighted by atomic mass is 19.1. The standard InChI is InChI=1S/C17H14F2N2O/c1-2-9-21-16(12-8-7-11(18)10-14(12)19)20-15-6-4-3-5-13(15)17(21)22/h2-8,10,16,20H,1,9H2. The molecule has 2 aromatic carbocycles. The van der Waals surface area contributed by atoms with Crippen molar-refractivity contribution in [2.75, 3.05) is 11.9 Å². The lowest BCUT2D eigenvalue weighted by atomic mass is 10.0. The summed E-state index contributed by atoms with van der Waals surface area (Å²) in [6.45, 7) is 3.89. The van der Waals surface area contributed by atoms with Crippen LogP contribution in [0.15, 0.2) is 55.1 Å². The van der Waals surface area contributed by atoms with Crippen LogP contribution in [-0.4, -0.2) is 17.4 Å². The van der Waals surface area contributed by atoms with Crippen LogP contribution in [0, 0.1) is 11.6 Å². The van der Waals surface area contributed by atoms with Gasteiger partial charge in [-0.25, -0.2) is 8.78 Å². The molecule has 0 spiro atoms. The van der Waals surface area contributed by atoms with Gasteiger partial charge in [-0.3, -0.25) is 4.79 Å². The van der Waals surface area contributed by atoms with Crippen LogP contribution in [0.3, 0.4) is 0 Å². The number of amides is 1. The first-order valence-corrected chi connectivity index (χ1v) is 6.84. The molecule has 2 aromatic rings. The highest BCUT2D eigenvalue weighted by molar-refractivity contribution is 6.01. The molecule has 1 heterocycles. The molecule has 0 fully saturated rings. The zero-order chi connectivity index (χ0) is 15.7. The van der Waals surface area contributed by atoms with Crippen LogP contribution in [-0.2, 0) is 0 Å². The van der Waals surface area contributed by atoms with Gasteiger partial charge in [0.05, 0.1) is 5.56 Å². The number of nitrogens with zero attached hydrogens (tertiary/aromatic N) is 1. The molecule has 5 heteroatoms. The van der Waals surface area contributed by atoms with Crippen LogP contribution in [0.2, 0.25) is 0 Å². The van der Waals surface area contributed by atoms with Gasteiger partial charge in [-0.15, -0.1) is 6.58 Å². The second kappa shape index (κ2) is 5.60. The molecule has 0 aromatic heterocycles. The molecular formula is C17H14F2N2O. The maximum atomic E-state index is 14.1. The first-order valence-electron chi connectivity index (χ1n) is 6.84. The van der Waals surface area contributed by atoms with Crippen molar-refractivity contribution in [3.05, 3.63) is 77.9 Å². The quantitative estimate of drug-likeness (QED) is 0.876. The SMILES string of the molecule is C=CCN1C(=O)c2ccccc2NC1c1ccc(F)cc1F. The lowest BCUT2D eigenvalue weighted by Gasteiger charge is -2.37. The van der Waals surface area contributed by atoms with Gasteiger partial charge in [-0.1, -0.05) is 18.2 Å². The topological polar surface area (TPSA) is 32.3 Å². The Morgan fingerprint density at radius 3 is 2.73 bits per heavy atom. The molecule has 1 atom stereocenters. The van der Waals surface area contributed by atoms with Gasteiger partial charge in [0.2, 0.25) is 0 Å². The summed E-state index contributed by atoms with van der Waals surface area (Å²) in [7, 11) is 0. The Hall–Kier alpha value is -2.69. The Bertz CT molecular complexity index is 745. The van der Waals surface area contributed by atoms with Gasteiger partial charge in [0.25, 0.3) is 5.91 Å². The average molecular weight is 300 g/mol. The van der Waals surface area contributed by atoms with Crippen molar-refractivity contribution in [1.29, 1.82) is 0 Å². The number of carbonyl (C=O) groups excluding carboxylic acids is 1. The van der Waals surface area contributed by atoms with Gasteiger partial charge >= 0.3 is 0 Å². The summed E-state index contributed by atoms with van der Waals surface area (Å²) >= 11 is 0.